The molecule has 0 amide bonds. The molecule has 0 spiro atoms. The summed E-state index contributed by atoms with van der Waals surface area (Å²) in [5.41, 5.74) is 2.51. The molecule has 17 heavy (non-hydrogen) atoms. The molecule has 0 fully saturated rings. The van der Waals surface area contributed by atoms with Gasteiger partial charge >= 0.3 is 0 Å². The van der Waals surface area contributed by atoms with Gasteiger partial charge in [-0.15, -0.1) is 0 Å². The number of nitrogens with zero attached hydrogens (tertiary/aromatic N) is 2. The number of aryl methyl sites for hydroxylation is 1. The van der Waals surface area contributed by atoms with Gasteiger partial charge in [0.05, 0.1) is 15.8 Å². The van der Waals surface area contributed by atoms with E-state index in [0.717, 1.165) is 21.0 Å². The molecule has 0 saturated heterocycles. The van der Waals surface area contributed by atoms with Gasteiger partial charge in [-0.3, -0.25) is 4.68 Å². The summed E-state index contributed by atoms with van der Waals surface area (Å²) in [7, 11) is 0. The maximum atomic E-state index is 13.0. The molecule has 5 heteroatoms. The van der Waals surface area contributed by atoms with Crippen molar-refractivity contribution < 1.29 is 8.78 Å². The van der Waals surface area contributed by atoms with Gasteiger partial charge in [-0.05, 0) is 54.1 Å². The van der Waals surface area contributed by atoms with Crippen LogP contribution in [0.2, 0.25) is 0 Å². The molecule has 0 saturated carbocycles. The first kappa shape index (κ1) is 12.5. The summed E-state index contributed by atoms with van der Waals surface area (Å²) >= 11 is 2.21. The van der Waals surface area contributed by atoms with E-state index < -0.39 is 11.6 Å². The molecule has 0 N–H and O–H groups in total. The van der Waals surface area contributed by atoms with Gasteiger partial charge in [-0.25, -0.2) is 8.78 Å². The van der Waals surface area contributed by atoms with E-state index in [1.54, 1.807) is 4.68 Å². The Hall–Kier alpha value is -0.980. The Balaban J connectivity index is 2.34. The monoisotopic (exact) mass is 348 g/mol. The Morgan fingerprint density at radius 2 is 1.76 bits per heavy atom. The molecule has 0 radical (unpaired) electrons. The average Bonchev–Trinajstić information content (AvgIpc) is 2.45. The van der Waals surface area contributed by atoms with Crippen LogP contribution in [-0.4, -0.2) is 9.78 Å². The second kappa shape index (κ2) is 4.72. The van der Waals surface area contributed by atoms with E-state index in [-0.39, 0.29) is 0 Å². The number of hydrogen-bond acceptors (Lipinski definition) is 1. The zero-order valence-corrected chi connectivity index (χ0v) is 11.6. The highest BCUT2D eigenvalue weighted by atomic mass is 127. The number of aromatic nitrogens is 2. The molecule has 90 valence electrons. The topological polar surface area (TPSA) is 17.8 Å². The Labute approximate surface area is 112 Å². The Morgan fingerprint density at radius 3 is 2.24 bits per heavy atom. The van der Waals surface area contributed by atoms with Crippen LogP contribution in [0.15, 0.2) is 18.2 Å². The van der Waals surface area contributed by atoms with Gasteiger partial charge in [0.2, 0.25) is 0 Å². The third kappa shape index (κ3) is 2.65. The Morgan fingerprint density at radius 1 is 1.18 bits per heavy atom. The largest absolute Gasteiger partial charge is 0.264 e. The van der Waals surface area contributed by atoms with Crippen LogP contribution in [0.25, 0.3) is 0 Å². The SMILES string of the molecule is Cc1nn(Cc2cc(F)cc(F)c2)c(C)c1I. The zero-order valence-electron chi connectivity index (χ0n) is 9.47. The van der Waals surface area contributed by atoms with Crippen LogP contribution in [0.3, 0.4) is 0 Å². The highest BCUT2D eigenvalue weighted by molar-refractivity contribution is 14.1. The number of benzene rings is 1. The average molecular weight is 348 g/mol. The lowest BCUT2D eigenvalue weighted by Gasteiger charge is -2.05. The van der Waals surface area contributed by atoms with Crippen molar-refractivity contribution in [3.8, 4) is 0 Å². The van der Waals surface area contributed by atoms with Crippen molar-refractivity contribution in [1.29, 1.82) is 0 Å². The summed E-state index contributed by atoms with van der Waals surface area (Å²) in [4.78, 5) is 0. The number of rotatable bonds is 2. The van der Waals surface area contributed by atoms with Gasteiger partial charge in [-0.1, -0.05) is 0 Å². The summed E-state index contributed by atoms with van der Waals surface area (Å²) in [6, 6.07) is 3.52. The first-order valence-electron chi connectivity index (χ1n) is 5.12. The van der Waals surface area contributed by atoms with Gasteiger partial charge < -0.3 is 0 Å². The minimum atomic E-state index is -0.559. The fourth-order valence-electron chi connectivity index (χ4n) is 1.70. The van der Waals surface area contributed by atoms with Crippen LogP contribution < -0.4 is 0 Å². The van der Waals surface area contributed by atoms with Gasteiger partial charge in [0.25, 0.3) is 0 Å². The van der Waals surface area contributed by atoms with Gasteiger partial charge in [-0.2, -0.15) is 5.10 Å². The van der Waals surface area contributed by atoms with Crippen LogP contribution >= 0.6 is 22.6 Å². The minimum absolute atomic E-state index is 0.379. The molecule has 0 atom stereocenters. The second-order valence-electron chi connectivity index (χ2n) is 3.92. The van der Waals surface area contributed by atoms with E-state index >= 15 is 0 Å². The summed E-state index contributed by atoms with van der Waals surface area (Å²) in [6.07, 6.45) is 0. The summed E-state index contributed by atoms with van der Waals surface area (Å²) in [6.45, 7) is 4.24. The number of hydrogen-bond donors (Lipinski definition) is 0. The highest BCUT2D eigenvalue weighted by Gasteiger charge is 2.09. The molecule has 0 unspecified atom stereocenters. The smallest absolute Gasteiger partial charge is 0.126 e. The Bertz CT molecular complexity index is 544. The predicted molar refractivity (Wildman–Crippen MR) is 69.9 cm³/mol. The minimum Gasteiger partial charge on any atom is -0.264 e. The van der Waals surface area contributed by atoms with Crippen molar-refractivity contribution in [2.45, 2.75) is 20.4 Å². The molecular weight excluding hydrogens is 337 g/mol. The molecule has 1 aromatic carbocycles. The third-order valence-corrected chi connectivity index (χ3v) is 4.11. The lowest BCUT2D eigenvalue weighted by Crippen LogP contribution is -2.05. The van der Waals surface area contributed by atoms with Gasteiger partial charge in [0.15, 0.2) is 0 Å². The molecule has 1 heterocycles. The first-order valence-corrected chi connectivity index (χ1v) is 6.19. The number of halogens is 3. The van der Waals surface area contributed by atoms with Crippen LogP contribution in [-0.2, 0) is 6.54 Å². The van der Waals surface area contributed by atoms with E-state index in [1.165, 1.54) is 12.1 Å². The van der Waals surface area contributed by atoms with Gasteiger partial charge in [0.1, 0.15) is 11.6 Å². The van der Waals surface area contributed by atoms with Crippen molar-refractivity contribution in [3.05, 3.63) is 50.4 Å². The van der Waals surface area contributed by atoms with Crippen LogP contribution in [0.1, 0.15) is 17.0 Å². The second-order valence-corrected chi connectivity index (χ2v) is 5.00. The summed E-state index contributed by atoms with van der Waals surface area (Å²) in [5, 5.41) is 4.33. The Kier molecular flexibility index (Phi) is 3.46. The first-order chi connectivity index (χ1) is 7.97. The van der Waals surface area contributed by atoms with E-state index in [0.29, 0.717) is 12.1 Å². The standard InChI is InChI=1S/C12H11F2IN2/c1-7-12(15)8(2)17(16-7)6-9-3-10(13)5-11(14)4-9/h3-5H,6H2,1-2H3. The molecule has 2 nitrogen and oxygen atoms in total. The molecule has 0 aliphatic carbocycles. The quantitative estimate of drug-likeness (QED) is 0.761. The van der Waals surface area contributed by atoms with Crippen molar-refractivity contribution in [2.75, 3.05) is 0 Å². The van der Waals surface area contributed by atoms with Gasteiger partial charge in [0, 0.05) is 11.8 Å². The molecular formula is C12H11F2IN2. The normalized spacial score (nSPS) is 10.9. The fourth-order valence-corrected chi connectivity index (χ4v) is 2.09. The van der Waals surface area contributed by atoms with Crippen LogP contribution in [0, 0.1) is 29.1 Å². The molecule has 0 bridgehead atoms. The van der Waals surface area contributed by atoms with Crippen molar-refractivity contribution in [3.63, 3.8) is 0 Å². The predicted octanol–water partition coefficient (Wildman–Crippen LogP) is 3.43. The zero-order chi connectivity index (χ0) is 12.6. The van der Waals surface area contributed by atoms with Crippen molar-refractivity contribution in [1.82, 2.24) is 9.78 Å². The lowest BCUT2D eigenvalue weighted by molar-refractivity contribution is 0.572. The van der Waals surface area contributed by atoms with Crippen LogP contribution in [0.4, 0.5) is 8.78 Å². The maximum absolute atomic E-state index is 13.0. The van der Waals surface area contributed by atoms with Crippen molar-refractivity contribution >= 4 is 22.6 Å². The fraction of sp³-hybridized carbons (Fsp3) is 0.250. The van der Waals surface area contributed by atoms with E-state index in [4.69, 9.17) is 0 Å². The lowest BCUT2D eigenvalue weighted by atomic mass is 10.2. The van der Waals surface area contributed by atoms with Crippen LogP contribution in [0.5, 0.6) is 0 Å². The summed E-state index contributed by atoms with van der Waals surface area (Å²) < 4.78 is 28.9. The molecule has 0 aliphatic rings. The molecule has 2 aromatic rings. The van der Waals surface area contributed by atoms with E-state index in [1.807, 2.05) is 13.8 Å². The van der Waals surface area contributed by atoms with E-state index in [9.17, 15) is 8.78 Å². The van der Waals surface area contributed by atoms with Crippen molar-refractivity contribution in [2.24, 2.45) is 0 Å². The maximum Gasteiger partial charge on any atom is 0.126 e. The third-order valence-electron chi connectivity index (χ3n) is 2.55. The highest BCUT2D eigenvalue weighted by Crippen LogP contribution is 2.17. The molecule has 2 rings (SSSR count). The molecule has 1 aromatic heterocycles. The summed E-state index contributed by atoms with van der Waals surface area (Å²) in [5.74, 6) is -1.12. The molecule has 0 aliphatic heterocycles. The van der Waals surface area contributed by atoms with E-state index in [2.05, 4.69) is 27.7 Å².